The molecule has 5 nitrogen and oxygen atoms in total. The lowest BCUT2D eigenvalue weighted by Crippen LogP contribution is -2.29. The Morgan fingerprint density at radius 2 is 2.20 bits per heavy atom. The van der Waals surface area contributed by atoms with Crippen LogP contribution in [0.2, 0.25) is 0 Å². The minimum Gasteiger partial charge on any atom is -0.497 e. The minimum atomic E-state index is -0.823. The van der Waals surface area contributed by atoms with Crippen LogP contribution in [0.5, 0.6) is 5.75 Å². The molecule has 0 saturated carbocycles. The highest BCUT2D eigenvalue weighted by molar-refractivity contribution is 6.62. The number of hydrogen-bond donors (Lipinski definition) is 1. The summed E-state index contributed by atoms with van der Waals surface area (Å²) in [6.07, 6.45) is 0.250. The Bertz CT molecular complexity index is 373. The highest BCUT2D eigenvalue weighted by Crippen LogP contribution is 2.17. The summed E-state index contributed by atoms with van der Waals surface area (Å²) in [6.45, 7) is 0.466. The van der Waals surface area contributed by atoms with Crippen LogP contribution < -0.4 is 10.2 Å². The van der Waals surface area contributed by atoms with E-state index in [1.807, 2.05) is 18.2 Å². The third kappa shape index (κ3) is 2.44. The molecule has 0 fully saturated rings. The van der Waals surface area contributed by atoms with Crippen molar-refractivity contribution in [2.24, 2.45) is 0 Å². The van der Waals surface area contributed by atoms with Crippen molar-refractivity contribution >= 4 is 18.7 Å². The van der Waals surface area contributed by atoms with Crippen LogP contribution in [0.15, 0.2) is 18.2 Å². The van der Waals surface area contributed by atoms with Gasteiger partial charge in [-0.2, -0.15) is 9.59 Å². The Morgan fingerprint density at radius 1 is 1.53 bits per heavy atom. The Morgan fingerprint density at radius 3 is 2.80 bits per heavy atom. The Hall–Kier alpha value is -1.62. The van der Waals surface area contributed by atoms with Crippen molar-refractivity contribution in [2.75, 3.05) is 7.11 Å². The Balaban J connectivity index is 0.000000337. The molecule has 1 aliphatic heterocycles. The van der Waals surface area contributed by atoms with E-state index in [-0.39, 0.29) is 6.15 Å². The SMILES string of the molecule is COc1cccc2c1B(O)OC2.O=C=O. The number of rotatable bonds is 1. The lowest BCUT2D eigenvalue weighted by atomic mass is 9.79. The number of fused-ring (bicyclic) bond motifs is 1. The molecule has 0 spiro atoms. The van der Waals surface area contributed by atoms with E-state index in [1.165, 1.54) is 0 Å². The summed E-state index contributed by atoms with van der Waals surface area (Å²) in [4.78, 5) is 16.2. The summed E-state index contributed by atoms with van der Waals surface area (Å²) in [7, 11) is 0.761. The van der Waals surface area contributed by atoms with Crippen molar-refractivity contribution in [3.05, 3.63) is 23.8 Å². The third-order valence-electron chi connectivity index (χ3n) is 2.02. The predicted molar refractivity (Wildman–Crippen MR) is 50.4 cm³/mol. The number of ether oxygens (including phenoxy) is 1. The van der Waals surface area contributed by atoms with Gasteiger partial charge in [0.05, 0.1) is 13.7 Å². The van der Waals surface area contributed by atoms with Gasteiger partial charge < -0.3 is 14.4 Å². The summed E-state index contributed by atoms with van der Waals surface area (Å²) < 4.78 is 10.1. The maximum atomic E-state index is 9.39. The fourth-order valence-electron chi connectivity index (χ4n) is 1.43. The van der Waals surface area contributed by atoms with Gasteiger partial charge in [0.15, 0.2) is 0 Å². The van der Waals surface area contributed by atoms with Crippen LogP contribution >= 0.6 is 0 Å². The third-order valence-corrected chi connectivity index (χ3v) is 2.02. The van der Waals surface area contributed by atoms with Gasteiger partial charge in [-0.1, -0.05) is 12.1 Å². The van der Waals surface area contributed by atoms with Crippen LogP contribution in [0.25, 0.3) is 0 Å². The molecule has 1 aromatic carbocycles. The van der Waals surface area contributed by atoms with E-state index in [4.69, 9.17) is 19.0 Å². The molecule has 0 radical (unpaired) electrons. The quantitative estimate of drug-likeness (QED) is 0.619. The molecule has 0 atom stereocenters. The molecular weight excluding hydrogens is 199 g/mol. The average Bonchev–Trinajstić information content (AvgIpc) is 2.62. The molecule has 0 amide bonds. The number of hydrogen-bond acceptors (Lipinski definition) is 5. The maximum absolute atomic E-state index is 9.39. The molecule has 6 heteroatoms. The summed E-state index contributed by atoms with van der Waals surface area (Å²) >= 11 is 0. The van der Waals surface area contributed by atoms with E-state index in [0.29, 0.717) is 12.4 Å². The topological polar surface area (TPSA) is 72.8 Å². The number of methoxy groups -OCH3 is 1. The fourth-order valence-corrected chi connectivity index (χ4v) is 1.43. The number of carbonyl (C=O) groups excluding carboxylic acids is 2. The van der Waals surface area contributed by atoms with Crippen molar-refractivity contribution in [1.82, 2.24) is 0 Å². The monoisotopic (exact) mass is 208 g/mol. The van der Waals surface area contributed by atoms with E-state index >= 15 is 0 Å². The molecule has 0 aromatic heterocycles. The normalized spacial score (nSPS) is 12.3. The van der Waals surface area contributed by atoms with Crippen LogP contribution in [0.4, 0.5) is 0 Å². The van der Waals surface area contributed by atoms with Gasteiger partial charge >= 0.3 is 13.3 Å². The zero-order chi connectivity index (χ0) is 11.3. The van der Waals surface area contributed by atoms with Crippen molar-refractivity contribution in [2.45, 2.75) is 6.61 Å². The molecule has 0 unspecified atom stereocenters. The largest absolute Gasteiger partial charge is 0.497 e. The summed E-state index contributed by atoms with van der Waals surface area (Å²) in [6, 6.07) is 5.63. The van der Waals surface area contributed by atoms with Crippen LogP contribution in [0.1, 0.15) is 5.56 Å². The Kier molecular flexibility index (Phi) is 4.06. The predicted octanol–water partition coefficient (Wildman–Crippen LogP) is -0.671. The van der Waals surface area contributed by atoms with E-state index in [9.17, 15) is 5.02 Å². The van der Waals surface area contributed by atoms with Gasteiger partial charge in [-0.3, -0.25) is 0 Å². The summed E-state index contributed by atoms with van der Waals surface area (Å²) in [5, 5.41) is 9.39. The highest BCUT2D eigenvalue weighted by Gasteiger charge is 2.30. The first-order valence-corrected chi connectivity index (χ1v) is 4.19. The second-order valence-electron chi connectivity index (χ2n) is 2.78. The molecular formula is C9H9BO5. The lowest BCUT2D eigenvalue weighted by Gasteiger charge is -2.05. The molecule has 1 heterocycles. The molecule has 2 rings (SSSR count). The second-order valence-corrected chi connectivity index (χ2v) is 2.78. The Labute approximate surface area is 86.8 Å². The van der Waals surface area contributed by atoms with E-state index in [1.54, 1.807) is 7.11 Å². The highest BCUT2D eigenvalue weighted by atomic mass is 16.5. The van der Waals surface area contributed by atoms with Gasteiger partial charge in [0, 0.05) is 5.46 Å². The summed E-state index contributed by atoms with van der Waals surface area (Å²) in [5.41, 5.74) is 1.77. The van der Waals surface area contributed by atoms with Crippen molar-refractivity contribution in [3.63, 3.8) is 0 Å². The molecule has 0 bridgehead atoms. The lowest BCUT2D eigenvalue weighted by molar-refractivity contribution is -0.191. The van der Waals surface area contributed by atoms with Crippen LogP contribution in [0, 0.1) is 0 Å². The molecule has 0 saturated heterocycles. The molecule has 0 aliphatic carbocycles. The van der Waals surface area contributed by atoms with E-state index in [2.05, 4.69) is 0 Å². The zero-order valence-electron chi connectivity index (χ0n) is 8.10. The van der Waals surface area contributed by atoms with Gasteiger partial charge in [-0.15, -0.1) is 0 Å². The molecule has 1 aliphatic rings. The van der Waals surface area contributed by atoms with Gasteiger partial charge in [0.2, 0.25) is 0 Å². The first-order valence-electron chi connectivity index (χ1n) is 4.19. The van der Waals surface area contributed by atoms with Crippen molar-refractivity contribution in [3.8, 4) is 5.75 Å². The van der Waals surface area contributed by atoms with Gasteiger partial charge in [-0.05, 0) is 11.6 Å². The zero-order valence-corrected chi connectivity index (χ0v) is 8.10. The first-order chi connectivity index (χ1) is 7.24. The van der Waals surface area contributed by atoms with Gasteiger partial charge in [0.1, 0.15) is 5.75 Å². The molecule has 78 valence electrons. The van der Waals surface area contributed by atoms with Crippen LogP contribution in [0.3, 0.4) is 0 Å². The first kappa shape index (κ1) is 11.5. The molecule has 15 heavy (non-hydrogen) atoms. The maximum Gasteiger partial charge on any atom is 0.495 e. The smallest absolute Gasteiger partial charge is 0.495 e. The number of benzene rings is 1. The molecule has 1 aromatic rings. The standard InChI is InChI=1S/C8H9BO3.CO2/c1-11-7-4-2-3-6-5-12-9(10)8(6)7;2-1-3/h2-4,10H,5H2,1H3;. The van der Waals surface area contributed by atoms with Crippen molar-refractivity contribution < 1.29 is 24.0 Å². The van der Waals surface area contributed by atoms with Crippen LogP contribution in [-0.4, -0.2) is 25.4 Å². The molecule has 1 N–H and O–H groups in total. The van der Waals surface area contributed by atoms with E-state index in [0.717, 1.165) is 11.0 Å². The second kappa shape index (κ2) is 5.31. The van der Waals surface area contributed by atoms with Gasteiger partial charge in [0.25, 0.3) is 0 Å². The van der Waals surface area contributed by atoms with E-state index < -0.39 is 7.12 Å². The van der Waals surface area contributed by atoms with Crippen LogP contribution in [-0.2, 0) is 20.9 Å². The summed E-state index contributed by atoms with van der Waals surface area (Å²) in [5.74, 6) is 0.692. The van der Waals surface area contributed by atoms with Crippen molar-refractivity contribution in [1.29, 1.82) is 0 Å². The minimum absolute atomic E-state index is 0.250. The average molecular weight is 208 g/mol. The fraction of sp³-hybridized carbons (Fsp3) is 0.222. The van der Waals surface area contributed by atoms with Gasteiger partial charge in [-0.25, -0.2) is 0 Å².